The Labute approximate surface area is 179 Å². The van der Waals surface area contributed by atoms with E-state index >= 15 is 0 Å². The number of aryl methyl sites for hydroxylation is 2. The van der Waals surface area contributed by atoms with E-state index in [2.05, 4.69) is 20.4 Å². The number of carbonyl (C=O) groups is 1. The number of fused-ring (bicyclic) bond motifs is 1. The molecule has 0 saturated heterocycles. The molecule has 0 aliphatic heterocycles. The van der Waals surface area contributed by atoms with E-state index in [9.17, 15) is 18.4 Å². The Morgan fingerprint density at radius 2 is 1.90 bits per heavy atom. The third kappa shape index (κ3) is 3.75. The molecule has 3 aromatic heterocycles. The van der Waals surface area contributed by atoms with E-state index in [-0.39, 0.29) is 27.4 Å². The molecule has 4 aromatic rings. The van der Waals surface area contributed by atoms with Gasteiger partial charge in [0, 0.05) is 16.9 Å². The van der Waals surface area contributed by atoms with Crippen LogP contribution in [0.4, 0.5) is 14.5 Å². The summed E-state index contributed by atoms with van der Waals surface area (Å²) in [4.78, 5) is 33.8. The maximum atomic E-state index is 14.7. The molecule has 0 aliphatic carbocycles. The molecule has 4 rings (SSSR count). The smallest absolute Gasteiger partial charge is 0.280 e. The Bertz CT molecular complexity index is 1420. The monoisotopic (exact) mass is 441 g/mol. The SMILES string of the molecule is Cc1cc2c(nc1C)c(=O)c(C(=O)Nc1cnccc1F)nn2-c1ccc(Cl)cc1F. The average molecular weight is 442 g/mol. The van der Waals surface area contributed by atoms with Crippen LogP contribution in [0.2, 0.25) is 5.02 Å². The predicted octanol–water partition coefficient (Wildman–Crippen LogP) is 3.98. The van der Waals surface area contributed by atoms with Gasteiger partial charge in [0.05, 0.1) is 17.4 Å². The van der Waals surface area contributed by atoms with Crippen LogP contribution in [-0.2, 0) is 0 Å². The number of anilines is 1. The van der Waals surface area contributed by atoms with Crippen molar-refractivity contribution in [2.45, 2.75) is 13.8 Å². The first-order valence-corrected chi connectivity index (χ1v) is 9.41. The van der Waals surface area contributed by atoms with Gasteiger partial charge in [0.25, 0.3) is 5.91 Å². The molecule has 1 N–H and O–H groups in total. The molecule has 0 saturated carbocycles. The highest BCUT2D eigenvalue weighted by atomic mass is 35.5. The summed E-state index contributed by atoms with van der Waals surface area (Å²) < 4.78 is 29.7. The van der Waals surface area contributed by atoms with E-state index in [1.165, 1.54) is 18.3 Å². The topological polar surface area (TPSA) is 89.8 Å². The van der Waals surface area contributed by atoms with Gasteiger partial charge in [-0.1, -0.05) is 11.6 Å². The third-order valence-corrected chi connectivity index (χ3v) is 4.91. The number of hydrogen-bond donors (Lipinski definition) is 1. The molecular formula is C21H14ClF2N5O2. The van der Waals surface area contributed by atoms with E-state index in [4.69, 9.17) is 11.6 Å². The van der Waals surface area contributed by atoms with Gasteiger partial charge < -0.3 is 5.32 Å². The molecule has 3 heterocycles. The molecule has 31 heavy (non-hydrogen) atoms. The molecule has 7 nitrogen and oxygen atoms in total. The van der Waals surface area contributed by atoms with Crippen molar-refractivity contribution in [3.63, 3.8) is 0 Å². The lowest BCUT2D eigenvalue weighted by molar-refractivity contribution is 0.101. The van der Waals surface area contributed by atoms with Crippen molar-refractivity contribution in [1.29, 1.82) is 0 Å². The summed E-state index contributed by atoms with van der Waals surface area (Å²) in [5.74, 6) is -2.44. The van der Waals surface area contributed by atoms with Gasteiger partial charge in [-0.2, -0.15) is 5.10 Å². The highest BCUT2D eigenvalue weighted by Gasteiger charge is 2.22. The number of hydrogen-bond acceptors (Lipinski definition) is 5. The highest BCUT2D eigenvalue weighted by molar-refractivity contribution is 6.30. The fourth-order valence-electron chi connectivity index (χ4n) is 2.97. The molecule has 1 amide bonds. The Kier molecular flexibility index (Phi) is 5.20. The first kappa shape index (κ1) is 20.5. The number of nitrogens with one attached hydrogen (secondary N) is 1. The molecule has 156 valence electrons. The molecule has 10 heteroatoms. The summed E-state index contributed by atoms with van der Waals surface area (Å²) in [6.07, 6.45) is 2.31. The molecule has 0 atom stereocenters. The first-order valence-electron chi connectivity index (χ1n) is 9.04. The standard InChI is InChI=1S/C21H14ClF2N5O2/c1-10-7-17-18(26-11(10)2)20(30)19(21(31)27-15-9-25-6-5-13(15)23)28-29(17)16-4-3-12(22)8-14(16)24/h3-9H,1-2H3,(H,27,31). The minimum absolute atomic E-state index is 0.0407. The largest absolute Gasteiger partial charge is 0.317 e. The van der Waals surface area contributed by atoms with Crippen LogP contribution in [-0.4, -0.2) is 25.7 Å². The number of amides is 1. The molecule has 0 radical (unpaired) electrons. The van der Waals surface area contributed by atoms with Crippen LogP contribution in [0.5, 0.6) is 0 Å². The van der Waals surface area contributed by atoms with Gasteiger partial charge in [0.2, 0.25) is 5.43 Å². The van der Waals surface area contributed by atoms with Crippen molar-refractivity contribution in [3.8, 4) is 5.69 Å². The van der Waals surface area contributed by atoms with Crippen molar-refractivity contribution >= 4 is 34.2 Å². The second kappa shape index (κ2) is 7.84. The Hall–Kier alpha value is -3.72. The first-order chi connectivity index (χ1) is 14.8. The normalized spacial score (nSPS) is 11.0. The van der Waals surface area contributed by atoms with Crippen molar-refractivity contribution in [2.75, 3.05) is 5.32 Å². The fraction of sp³-hybridized carbons (Fsp3) is 0.0952. The molecule has 0 unspecified atom stereocenters. The second-order valence-corrected chi connectivity index (χ2v) is 7.19. The van der Waals surface area contributed by atoms with Crippen LogP contribution in [0.15, 0.2) is 47.5 Å². The molecule has 0 fully saturated rings. The van der Waals surface area contributed by atoms with Gasteiger partial charge in [0.15, 0.2) is 5.69 Å². The van der Waals surface area contributed by atoms with Crippen LogP contribution in [0, 0.1) is 25.5 Å². The number of aromatic nitrogens is 4. The Balaban J connectivity index is 1.97. The Morgan fingerprint density at radius 3 is 2.61 bits per heavy atom. The maximum Gasteiger partial charge on any atom is 0.280 e. The summed E-state index contributed by atoms with van der Waals surface area (Å²) >= 11 is 5.84. The van der Waals surface area contributed by atoms with Gasteiger partial charge in [-0.05, 0) is 49.7 Å². The summed E-state index contributed by atoms with van der Waals surface area (Å²) in [5.41, 5.74) is -0.198. The Morgan fingerprint density at radius 1 is 1.13 bits per heavy atom. The fourth-order valence-corrected chi connectivity index (χ4v) is 3.13. The summed E-state index contributed by atoms with van der Waals surface area (Å²) in [5, 5.41) is 6.52. The second-order valence-electron chi connectivity index (χ2n) is 6.75. The zero-order chi connectivity index (χ0) is 22.3. The van der Waals surface area contributed by atoms with Crippen LogP contribution in [0.1, 0.15) is 21.7 Å². The number of pyridine rings is 2. The van der Waals surface area contributed by atoms with Crippen LogP contribution >= 0.6 is 11.6 Å². The predicted molar refractivity (Wildman–Crippen MR) is 112 cm³/mol. The number of halogens is 3. The van der Waals surface area contributed by atoms with E-state index in [0.717, 1.165) is 28.6 Å². The highest BCUT2D eigenvalue weighted by Crippen LogP contribution is 2.22. The lowest BCUT2D eigenvalue weighted by Crippen LogP contribution is -2.28. The maximum absolute atomic E-state index is 14.7. The number of nitrogens with zero attached hydrogens (tertiary/aromatic N) is 4. The molecule has 0 aliphatic rings. The molecular weight excluding hydrogens is 428 g/mol. The lowest BCUT2D eigenvalue weighted by atomic mass is 10.1. The summed E-state index contributed by atoms with van der Waals surface area (Å²) in [6, 6.07) is 6.58. The van der Waals surface area contributed by atoms with Gasteiger partial charge in [-0.15, -0.1) is 0 Å². The zero-order valence-electron chi connectivity index (χ0n) is 16.3. The van der Waals surface area contributed by atoms with Crippen molar-refractivity contribution < 1.29 is 13.6 Å². The molecule has 0 spiro atoms. The average Bonchev–Trinajstić information content (AvgIpc) is 2.72. The van der Waals surface area contributed by atoms with E-state index in [1.807, 2.05) is 0 Å². The lowest BCUT2D eigenvalue weighted by Gasteiger charge is -2.14. The van der Waals surface area contributed by atoms with Gasteiger partial charge in [0.1, 0.15) is 22.8 Å². The number of rotatable bonds is 3. The van der Waals surface area contributed by atoms with Gasteiger partial charge in [-0.25, -0.2) is 18.4 Å². The van der Waals surface area contributed by atoms with E-state index < -0.39 is 28.7 Å². The number of benzene rings is 1. The third-order valence-electron chi connectivity index (χ3n) is 4.67. The minimum atomic E-state index is -0.984. The van der Waals surface area contributed by atoms with Crippen molar-refractivity contribution in [3.05, 3.63) is 86.6 Å². The van der Waals surface area contributed by atoms with Crippen molar-refractivity contribution in [1.82, 2.24) is 19.7 Å². The quantitative estimate of drug-likeness (QED) is 0.519. The number of carbonyl (C=O) groups excluding carboxylic acids is 1. The molecule has 0 bridgehead atoms. The van der Waals surface area contributed by atoms with Crippen LogP contribution in [0.3, 0.4) is 0 Å². The van der Waals surface area contributed by atoms with E-state index in [1.54, 1.807) is 19.9 Å². The van der Waals surface area contributed by atoms with Crippen LogP contribution < -0.4 is 10.7 Å². The summed E-state index contributed by atoms with van der Waals surface area (Å²) in [7, 11) is 0. The van der Waals surface area contributed by atoms with Gasteiger partial charge >= 0.3 is 0 Å². The van der Waals surface area contributed by atoms with Crippen molar-refractivity contribution in [2.24, 2.45) is 0 Å². The summed E-state index contributed by atoms with van der Waals surface area (Å²) in [6.45, 7) is 3.48. The van der Waals surface area contributed by atoms with Crippen LogP contribution in [0.25, 0.3) is 16.7 Å². The zero-order valence-corrected chi connectivity index (χ0v) is 17.0. The van der Waals surface area contributed by atoms with Gasteiger partial charge in [-0.3, -0.25) is 14.6 Å². The van der Waals surface area contributed by atoms with E-state index in [0.29, 0.717) is 5.69 Å². The minimum Gasteiger partial charge on any atom is -0.317 e. The molecule has 1 aromatic carbocycles.